The first-order valence-electron chi connectivity index (χ1n) is 9.41. The second-order valence-corrected chi connectivity index (χ2v) is 7.25. The second kappa shape index (κ2) is 7.11. The van der Waals surface area contributed by atoms with Crippen LogP contribution in [0.25, 0.3) is 0 Å². The third-order valence-electron chi connectivity index (χ3n) is 5.43. The van der Waals surface area contributed by atoms with Gasteiger partial charge in [-0.05, 0) is 49.6 Å². The number of hydrogen-bond donors (Lipinski definition) is 0. The Labute approximate surface area is 163 Å². The molecular formula is C22H22N2O4. The van der Waals surface area contributed by atoms with E-state index in [9.17, 15) is 14.4 Å². The number of benzene rings is 2. The number of anilines is 1. The van der Waals surface area contributed by atoms with E-state index in [4.69, 9.17) is 4.74 Å². The number of hydrogen-bond acceptors (Lipinski definition) is 4. The van der Waals surface area contributed by atoms with Crippen LogP contribution in [-0.2, 0) is 22.6 Å². The van der Waals surface area contributed by atoms with Crippen molar-refractivity contribution in [2.24, 2.45) is 0 Å². The van der Waals surface area contributed by atoms with Gasteiger partial charge in [0.1, 0.15) is 11.8 Å². The van der Waals surface area contributed by atoms with E-state index in [1.165, 1.54) is 17.4 Å². The molecule has 2 aliphatic heterocycles. The Morgan fingerprint density at radius 3 is 2.61 bits per heavy atom. The van der Waals surface area contributed by atoms with Gasteiger partial charge in [0.15, 0.2) is 12.4 Å². The Bertz CT molecular complexity index is 969. The summed E-state index contributed by atoms with van der Waals surface area (Å²) in [5, 5.41) is 0. The van der Waals surface area contributed by atoms with Crippen molar-refractivity contribution < 1.29 is 19.1 Å². The van der Waals surface area contributed by atoms with E-state index in [1.54, 1.807) is 30.0 Å². The molecule has 144 valence electrons. The average Bonchev–Trinajstić information content (AvgIpc) is 2.71. The molecule has 1 atom stereocenters. The van der Waals surface area contributed by atoms with Crippen LogP contribution >= 0.6 is 0 Å². The molecule has 0 bridgehead atoms. The highest BCUT2D eigenvalue weighted by Crippen LogP contribution is 2.35. The van der Waals surface area contributed by atoms with E-state index in [-0.39, 0.29) is 24.2 Å². The van der Waals surface area contributed by atoms with Crippen LogP contribution in [0.15, 0.2) is 42.5 Å². The van der Waals surface area contributed by atoms with E-state index >= 15 is 0 Å². The maximum Gasteiger partial charge on any atom is 0.265 e. The molecule has 0 N–H and O–H groups in total. The zero-order valence-electron chi connectivity index (χ0n) is 16.0. The number of Topliss-reactive ketones (excluding diaryl/α,β-unsaturated/α-hetero) is 1. The van der Waals surface area contributed by atoms with Crippen LogP contribution in [0.1, 0.15) is 35.3 Å². The Hall–Kier alpha value is -3.15. The lowest BCUT2D eigenvalue weighted by Gasteiger charge is -2.37. The number of amides is 2. The van der Waals surface area contributed by atoms with Crippen molar-refractivity contribution in [3.8, 4) is 5.75 Å². The van der Waals surface area contributed by atoms with Crippen molar-refractivity contribution in [2.45, 2.75) is 32.9 Å². The summed E-state index contributed by atoms with van der Waals surface area (Å²) in [7, 11) is 0. The maximum absolute atomic E-state index is 13.2. The van der Waals surface area contributed by atoms with Crippen molar-refractivity contribution in [1.29, 1.82) is 0 Å². The van der Waals surface area contributed by atoms with E-state index in [0.717, 1.165) is 12.0 Å². The van der Waals surface area contributed by atoms with Gasteiger partial charge in [0.2, 0.25) is 5.91 Å². The van der Waals surface area contributed by atoms with Crippen molar-refractivity contribution in [2.75, 3.05) is 18.1 Å². The molecule has 0 spiro atoms. The number of carbonyl (C=O) groups is 3. The fraction of sp³-hybridized carbons (Fsp3) is 0.318. The summed E-state index contributed by atoms with van der Waals surface area (Å²) >= 11 is 0. The summed E-state index contributed by atoms with van der Waals surface area (Å²) in [6.45, 7) is 4.25. The summed E-state index contributed by atoms with van der Waals surface area (Å²) in [6, 6.07) is 12.4. The summed E-state index contributed by atoms with van der Waals surface area (Å²) in [4.78, 5) is 40.8. The largest absolute Gasteiger partial charge is 0.482 e. The van der Waals surface area contributed by atoms with Gasteiger partial charge in [-0.15, -0.1) is 0 Å². The monoisotopic (exact) mass is 378 g/mol. The molecule has 0 fully saturated rings. The smallest absolute Gasteiger partial charge is 0.265 e. The van der Waals surface area contributed by atoms with Crippen LogP contribution in [-0.4, -0.2) is 41.7 Å². The minimum absolute atomic E-state index is 0.104. The summed E-state index contributed by atoms with van der Waals surface area (Å²) in [5.74, 6) is 0.0102. The normalized spacial score (nSPS) is 16.7. The van der Waals surface area contributed by atoms with Crippen molar-refractivity contribution in [1.82, 2.24) is 4.90 Å². The second-order valence-electron chi connectivity index (χ2n) is 7.25. The molecule has 2 heterocycles. The molecule has 0 aromatic heterocycles. The molecule has 0 aliphatic carbocycles. The zero-order valence-corrected chi connectivity index (χ0v) is 16.0. The first kappa shape index (κ1) is 18.2. The highest BCUT2D eigenvalue weighted by molar-refractivity contribution is 6.05. The van der Waals surface area contributed by atoms with E-state index in [1.807, 2.05) is 18.2 Å². The fourth-order valence-electron chi connectivity index (χ4n) is 3.87. The molecule has 4 rings (SSSR count). The van der Waals surface area contributed by atoms with Gasteiger partial charge >= 0.3 is 0 Å². The lowest BCUT2D eigenvalue weighted by atomic mass is 9.99. The van der Waals surface area contributed by atoms with Crippen LogP contribution < -0.4 is 9.64 Å². The minimum atomic E-state index is -0.678. The van der Waals surface area contributed by atoms with E-state index < -0.39 is 6.04 Å². The van der Waals surface area contributed by atoms with Crippen LogP contribution in [0.2, 0.25) is 0 Å². The Morgan fingerprint density at radius 1 is 1.11 bits per heavy atom. The first-order valence-corrected chi connectivity index (χ1v) is 9.41. The zero-order chi connectivity index (χ0) is 19.8. The van der Waals surface area contributed by atoms with Crippen molar-refractivity contribution >= 4 is 23.3 Å². The van der Waals surface area contributed by atoms with Gasteiger partial charge in [-0.2, -0.15) is 0 Å². The van der Waals surface area contributed by atoms with Gasteiger partial charge in [0.25, 0.3) is 5.91 Å². The lowest BCUT2D eigenvalue weighted by molar-refractivity contribution is -0.135. The van der Waals surface area contributed by atoms with Gasteiger partial charge in [0.05, 0.1) is 5.69 Å². The predicted octanol–water partition coefficient (Wildman–Crippen LogP) is 2.59. The van der Waals surface area contributed by atoms with Crippen LogP contribution in [0.4, 0.5) is 5.69 Å². The molecule has 1 unspecified atom stereocenters. The number of carbonyl (C=O) groups excluding carboxylic acids is 3. The van der Waals surface area contributed by atoms with E-state index in [2.05, 4.69) is 6.07 Å². The van der Waals surface area contributed by atoms with Crippen molar-refractivity contribution in [3.63, 3.8) is 0 Å². The molecular weight excluding hydrogens is 356 g/mol. The topological polar surface area (TPSA) is 66.9 Å². The van der Waals surface area contributed by atoms with Crippen LogP contribution in [0.5, 0.6) is 5.75 Å². The SMILES string of the molecule is CC(=O)c1ccc2c(c1)N(C(C)C(=O)N1CCc3ccccc3C1)C(=O)CO2. The Balaban J connectivity index is 1.62. The highest BCUT2D eigenvalue weighted by Gasteiger charge is 2.36. The Morgan fingerprint density at radius 2 is 1.86 bits per heavy atom. The summed E-state index contributed by atoms with van der Waals surface area (Å²) in [5.41, 5.74) is 3.36. The number of rotatable bonds is 3. The molecule has 2 aromatic carbocycles. The molecule has 6 heteroatoms. The molecule has 0 radical (unpaired) electrons. The molecule has 6 nitrogen and oxygen atoms in total. The lowest BCUT2D eigenvalue weighted by Crippen LogP contribution is -2.53. The maximum atomic E-state index is 13.2. The third kappa shape index (κ3) is 3.15. The number of ketones is 1. The Kier molecular flexibility index (Phi) is 4.63. The minimum Gasteiger partial charge on any atom is -0.482 e. The quantitative estimate of drug-likeness (QED) is 0.770. The number of nitrogens with zero attached hydrogens (tertiary/aromatic N) is 2. The standard InChI is InChI=1S/C22H22N2O4/c1-14(22(27)23-10-9-16-5-3-4-6-18(16)12-23)24-19-11-17(15(2)25)7-8-20(19)28-13-21(24)26/h3-8,11,14H,9-10,12-13H2,1-2H3. The fourth-order valence-corrected chi connectivity index (χ4v) is 3.87. The average molecular weight is 378 g/mol. The van der Waals surface area contributed by atoms with Gasteiger partial charge in [-0.1, -0.05) is 24.3 Å². The summed E-state index contributed by atoms with van der Waals surface area (Å²) < 4.78 is 5.50. The first-order chi connectivity index (χ1) is 13.5. The molecule has 2 aliphatic rings. The van der Waals surface area contributed by atoms with E-state index in [0.29, 0.717) is 30.1 Å². The van der Waals surface area contributed by atoms with Crippen molar-refractivity contribution in [3.05, 3.63) is 59.2 Å². The van der Waals surface area contributed by atoms with Gasteiger partial charge in [0, 0.05) is 18.7 Å². The molecule has 0 saturated heterocycles. The van der Waals surface area contributed by atoms with Gasteiger partial charge in [-0.3, -0.25) is 19.3 Å². The highest BCUT2D eigenvalue weighted by atomic mass is 16.5. The number of ether oxygens (including phenoxy) is 1. The molecule has 2 amide bonds. The third-order valence-corrected chi connectivity index (χ3v) is 5.43. The van der Waals surface area contributed by atoms with Gasteiger partial charge < -0.3 is 9.64 Å². The number of fused-ring (bicyclic) bond motifs is 2. The molecule has 28 heavy (non-hydrogen) atoms. The molecule has 2 aromatic rings. The molecule has 0 saturated carbocycles. The predicted molar refractivity (Wildman–Crippen MR) is 104 cm³/mol. The van der Waals surface area contributed by atoms with Gasteiger partial charge in [-0.25, -0.2) is 0 Å². The summed E-state index contributed by atoms with van der Waals surface area (Å²) in [6.07, 6.45) is 0.802. The van der Waals surface area contributed by atoms with Crippen LogP contribution in [0, 0.1) is 0 Å². The van der Waals surface area contributed by atoms with Crippen LogP contribution in [0.3, 0.4) is 0 Å².